The highest BCUT2D eigenvalue weighted by atomic mass is 32.1. The Hall–Kier alpha value is -3.59. The fraction of sp³-hybridized carbons (Fsp3) is 0.143. The molecule has 1 amide bonds. The molecule has 1 N–H and O–H groups in total. The number of para-hydroxylation sites is 1. The van der Waals surface area contributed by atoms with Crippen LogP contribution in [0.3, 0.4) is 0 Å². The maximum absolute atomic E-state index is 13.6. The number of hydrogen-bond donors (Lipinski definition) is 1. The van der Waals surface area contributed by atoms with Crippen LogP contribution in [-0.4, -0.2) is 38.8 Å². The molecule has 3 heterocycles. The average molecular weight is 423 g/mol. The zero-order valence-corrected chi connectivity index (χ0v) is 16.7. The highest BCUT2D eigenvalue weighted by molar-refractivity contribution is 7.13. The second-order valence-corrected chi connectivity index (χ2v) is 7.21. The van der Waals surface area contributed by atoms with E-state index >= 15 is 0 Å². The van der Waals surface area contributed by atoms with Crippen LogP contribution in [0, 0.1) is 5.82 Å². The Labute approximate surface area is 176 Å². The number of benzene rings is 1. The Morgan fingerprint density at radius 2 is 2.07 bits per heavy atom. The molecule has 0 aliphatic heterocycles. The van der Waals surface area contributed by atoms with Gasteiger partial charge in [-0.05, 0) is 23.6 Å². The van der Waals surface area contributed by atoms with Gasteiger partial charge in [-0.25, -0.2) is 4.39 Å². The molecule has 0 spiro atoms. The molecule has 0 aliphatic rings. The topological polar surface area (TPSA) is 81.9 Å². The second kappa shape index (κ2) is 9.27. The zero-order chi connectivity index (χ0) is 20.8. The average Bonchev–Trinajstić information content (AvgIpc) is 3.43. The van der Waals surface area contributed by atoms with Gasteiger partial charge in [-0.15, -0.1) is 11.3 Å². The maximum Gasteiger partial charge on any atom is 0.258 e. The van der Waals surface area contributed by atoms with Gasteiger partial charge in [-0.2, -0.15) is 5.10 Å². The van der Waals surface area contributed by atoms with E-state index in [2.05, 4.69) is 20.4 Å². The molecule has 0 saturated heterocycles. The van der Waals surface area contributed by atoms with Gasteiger partial charge < -0.3 is 10.1 Å². The van der Waals surface area contributed by atoms with Crippen LogP contribution >= 0.6 is 11.3 Å². The standard InChI is InChI=1S/C21H18FN5O2S/c22-16-4-1-2-5-18(16)29-14-20(28)25-9-10-27-21(19-6-3-11-30-19)15(12-26-27)17-13-23-7-8-24-17/h1-8,11-13H,9-10,14H2,(H,25,28). The first-order valence-corrected chi connectivity index (χ1v) is 10.1. The number of carbonyl (C=O) groups excluding carboxylic acids is 1. The lowest BCUT2D eigenvalue weighted by atomic mass is 10.1. The van der Waals surface area contributed by atoms with Crippen LogP contribution in [-0.2, 0) is 11.3 Å². The summed E-state index contributed by atoms with van der Waals surface area (Å²) in [5, 5.41) is 9.24. The van der Waals surface area contributed by atoms with E-state index < -0.39 is 5.82 Å². The molecule has 4 rings (SSSR count). The van der Waals surface area contributed by atoms with E-state index in [0.717, 1.165) is 21.8 Å². The molecule has 0 aliphatic carbocycles. The number of nitrogens with one attached hydrogen (secondary N) is 1. The Kier molecular flexibility index (Phi) is 6.09. The second-order valence-electron chi connectivity index (χ2n) is 6.27. The van der Waals surface area contributed by atoms with Crippen molar-refractivity contribution in [1.82, 2.24) is 25.1 Å². The summed E-state index contributed by atoms with van der Waals surface area (Å²) in [4.78, 5) is 21.6. The normalized spacial score (nSPS) is 10.7. The Bertz CT molecular complexity index is 1120. The van der Waals surface area contributed by atoms with Crippen molar-refractivity contribution in [3.05, 3.63) is 72.4 Å². The summed E-state index contributed by atoms with van der Waals surface area (Å²) < 4.78 is 20.6. The van der Waals surface area contributed by atoms with Crippen LogP contribution in [0.25, 0.3) is 21.8 Å². The number of nitrogens with zero attached hydrogens (tertiary/aromatic N) is 4. The predicted molar refractivity (Wildman–Crippen MR) is 111 cm³/mol. The number of rotatable bonds is 8. The molecule has 30 heavy (non-hydrogen) atoms. The quantitative estimate of drug-likeness (QED) is 0.470. The van der Waals surface area contributed by atoms with E-state index in [1.54, 1.807) is 48.3 Å². The van der Waals surface area contributed by atoms with Crippen LogP contribution in [0.15, 0.2) is 66.6 Å². The fourth-order valence-corrected chi connectivity index (χ4v) is 3.70. The number of amides is 1. The zero-order valence-electron chi connectivity index (χ0n) is 15.9. The first kappa shape index (κ1) is 19.7. The van der Waals surface area contributed by atoms with Crippen LogP contribution in [0.4, 0.5) is 4.39 Å². The third-order valence-corrected chi connectivity index (χ3v) is 5.15. The third-order valence-electron chi connectivity index (χ3n) is 4.27. The van der Waals surface area contributed by atoms with E-state index in [4.69, 9.17) is 4.74 Å². The summed E-state index contributed by atoms with van der Waals surface area (Å²) in [7, 11) is 0. The van der Waals surface area contributed by atoms with Crippen molar-refractivity contribution in [2.24, 2.45) is 0 Å². The van der Waals surface area contributed by atoms with E-state index in [-0.39, 0.29) is 18.3 Å². The first-order chi connectivity index (χ1) is 14.7. The summed E-state index contributed by atoms with van der Waals surface area (Å²) in [5.41, 5.74) is 2.52. The number of aromatic nitrogens is 4. The molecular weight excluding hydrogens is 405 g/mol. The van der Waals surface area contributed by atoms with Crippen molar-refractivity contribution < 1.29 is 13.9 Å². The maximum atomic E-state index is 13.6. The van der Waals surface area contributed by atoms with Gasteiger partial charge in [-0.3, -0.25) is 19.4 Å². The van der Waals surface area contributed by atoms with Gasteiger partial charge in [0.15, 0.2) is 18.2 Å². The SMILES string of the molecule is O=C(COc1ccccc1F)NCCn1ncc(-c2cnccn2)c1-c1cccs1. The van der Waals surface area contributed by atoms with Crippen molar-refractivity contribution in [2.75, 3.05) is 13.2 Å². The van der Waals surface area contributed by atoms with Gasteiger partial charge in [-0.1, -0.05) is 18.2 Å². The van der Waals surface area contributed by atoms with Crippen LogP contribution < -0.4 is 10.1 Å². The predicted octanol–water partition coefficient (Wildman–Crippen LogP) is 3.40. The molecule has 0 radical (unpaired) electrons. The number of halogens is 1. The van der Waals surface area contributed by atoms with Crippen LogP contribution in [0.2, 0.25) is 0 Å². The summed E-state index contributed by atoms with van der Waals surface area (Å²) >= 11 is 1.60. The van der Waals surface area contributed by atoms with Gasteiger partial charge in [0.25, 0.3) is 5.91 Å². The lowest BCUT2D eigenvalue weighted by Gasteiger charge is -2.10. The van der Waals surface area contributed by atoms with Gasteiger partial charge in [0.05, 0.1) is 35.2 Å². The Morgan fingerprint density at radius 1 is 1.17 bits per heavy atom. The Morgan fingerprint density at radius 3 is 2.83 bits per heavy atom. The van der Waals surface area contributed by atoms with Crippen molar-refractivity contribution in [3.63, 3.8) is 0 Å². The van der Waals surface area contributed by atoms with Crippen LogP contribution in [0.5, 0.6) is 5.75 Å². The molecule has 0 fully saturated rings. The molecule has 0 saturated carbocycles. The van der Waals surface area contributed by atoms with Crippen LogP contribution in [0.1, 0.15) is 0 Å². The number of thiophene rings is 1. The minimum atomic E-state index is -0.501. The van der Waals surface area contributed by atoms with E-state index in [1.165, 1.54) is 12.1 Å². The van der Waals surface area contributed by atoms with Gasteiger partial charge >= 0.3 is 0 Å². The van der Waals surface area contributed by atoms with Gasteiger partial charge in [0.2, 0.25) is 0 Å². The van der Waals surface area contributed by atoms with E-state index in [9.17, 15) is 9.18 Å². The number of carbonyl (C=O) groups is 1. The largest absolute Gasteiger partial charge is 0.481 e. The summed E-state index contributed by atoms with van der Waals surface area (Å²) in [6.45, 7) is 0.543. The molecule has 1 aromatic carbocycles. The van der Waals surface area contributed by atoms with Crippen molar-refractivity contribution >= 4 is 17.2 Å². The van der Waals surface area contributed by atoms with Gasteiger partial charge in [0, 0.05) is 24.5 Å². The molecule has 152 valence electrons. The lowest BCUT2D eigenvalue weighted by molar-refractivity contribution is -0.123. The number of ether oxygens (including phenoxy) is 1. The Balaban J connectivity index is 1.41. The highest BCUT2D eigenvalue weighted by Crippen LogP contribution is 2.33. The molecule has 7 nitrogen and oxygen atoms in total. The lowest BCUT2D eigenvalue weighted by Crippen LogP contribution is -2.32. The van der Waals surface area contributed by atoms with Crippen molar-refractivity contribution in [3.8, 4) is 27.6 Å². The number of hydrogen-bond acceptors (Lipinski definition) is 6. The molecule has 9 heteroatoms. The molecule has 3 aromatic heterocycles. The van der Waals surface area contributed by atoms with Gasteiger partial charge in [0.1, 0.15) is 0 Å². The summed E-state index contributed by atoms with van der Waals surface area (Å²) in [6.07, 6.45) is 6.71. The van der Waals surface area contributed by atoms with E-state index in [0.29, 0.717) is 13.1 Å². The first-order valence-electron chi connectivity index (χ1n) is 9.22. The molecule has 4 aromatic rings. The highest BCUT2D eigenvalue weighted by Gasteiger charge is 2.17. The third kappa shape index (κ3) is 4.52. The molecule has 0 bridgehead atoms. The molecule has 0 atom stereocenters. The fourth-order valence-electron chi connectivity index (χ4n) is 2.91. The minimum Gasteiger partial charge on any atom is -0.481 e. The molecule has 0 unspecified atom stereocenters. The summed E-state index contributed by atoms with van der Waals surface area (Å²) in [5.74, 6) is -0.787. The summed E-state index contributed by atoms with van der Waals surface area (Å²) in [6, 6.07) is 9.96. The van der Waals surface area contributed by atoms with Crippen molar-refractivity contribution in [2.45, 2.75) is 6.54 Å². The van der Waals surface area contributed by atoms with E-state index in [1.807, 2.05) is 22.2 Å². The van der Waals surface area contributed by atoms with Crippen molar-refractivity contribution in [1.29, 1.82) is 0 Å². The monoisotopic (exact) mass is 423 g/mol. The molecular formula is C21H18FN5O2S. The minimum absolute atomic E-state index is 0.0494. The smallest absolute Gasteiger partial charge is 0.258 e.